The van der Waals surface area contributed by atoms with E-state index in [1.54, 1.807) is 0 Å². The van der Waals surface area contributed by atoms with Crippen LogP contribution in [0.4, 0.5) is 0 Å². The van der Waals surface area contributed by atoms with Crippen molar-refractivity contribution in [3.8, 4) is 0 Å². The second-order valence-electron chi connectivity index (χ2n) is 5.87. The van der Waals surface area contributed by atoms with Crippen LogP contribution in [0.3, 0.4) is 0 Å². The third-order valence-electron chi connectivity index (χ3n) is 3.71. The molecule has 19 heavy (non-hydrogen) atoms. The van der Waals surface area contributed by atoms with Gasteiger partial charge in [-0.3, -0.25) is 4.79 Å². The Balaban J connectivity index is 1.73. The average molecular weight is 260 g/mol. The Kier molecular flexibility index (Phi) is 4.59. The third-order valence-corrected chi connectivity index (χ3v) is 3.71. The number of carbonyl (C=O) groups is 1. The van der Waals surface area contributed by atoms with E-state index in [2.05, 4.69) is 48.7 Å². The van der Waals surface area contributed by atoms with Crippen LogP contribution in [0, 0.1) is 5.92 Å². The van der Waals surface area contributed by atoms with Crippen LogP contribution in [0.25, 0.3) is 0 Å². The van der Waals surface area contributed by atoms with Crippen LogP contribution < -0.4 is 10.6 Å². The summed E-state index contributed by atoms with van der Waals surface area (Å²) in [4.78, 5) is 11.8. The van der Waals surface area contributed by atoms with E-state index in [-0.39, 0.29) is 11.9 Å². The van der Waals surface area contributed by atoms with Gasteiger partial charge in [-0.2, -0.15) is 0 Å². The molecule has 1 aromatic carbocycles. The van der Waals surface area contributed by atoms with Crippen LogP contribution in [-0.4, -0.2) is 25.0 Å². The van der Waals surface area contributed by atoms with Gasteiger partial charge in [0.2, 0.25) is 5.91 Å². The van der Waals surface area contributed by atoms with Crippen molar-refractivity contribution in [1.29, 1.82) is 0 Å². The molecule has 0 radical (unpaired) electrons. The summed E-state index contributed by atoms with van der Waals surface area (Å²) in [5.41, 5.74) is 2.89. The van der Waals surface area contributed by atoms with E-state index < -0.39 is 0 Å². The molecule has 104 valence electrons. The molecule has 2 atom stereocenters. The average Bonchev–Trinajstić information content (AvgIpc) is 2.36. The number of hydrogen-bond donors (Lipinski definition) is 2. The summed E-state index contributed by atoms with van der Waals surface area (Å²) in [5.74, 6) is 1.16. The fraction of sp³-hybridized carbons (Fsp3) is 0.562. The topological polar surface area (TPSA) is 41.1 Å². The SMILES string of the molecule is CC(C)CNC(=O)C(C)NCC1Cc2ccccc21. The summed E-state index contributed by atoms with van der Waals surface area (Å²) in [6.07, 6.45) is 1.13. The van der Waals surface area contributed by atoms with Gasteiger partial charge in [0.25, 0.3) is 0 Å². The van der Waals surface area contributed by atoms with Crippen LogP contribution in [0.1, 0.15) is 37.8 Å². The highest BCUT2D eigenvalue weighted by Crippen LogP contribution is 2.33. The van der Waals surface area contributed by atoms with Gasteiger partial charge in [0.05, 0.1) is 6.04 Å². The second kappa shape index (κ2) is 6.20. The Morgan fingerprint density at radius 3 is 2.74 bits per heavy atom. The summed E-state index contributed by atoms with van der Waals surface area (Å²) in [5, 5.41) is 6.30. The molecule has 1 aliphatic carbocycles. The van der Waals surface area contributed by atoms with Crippen LogP contribution >= 0.6 is 0 Å². The van der Waals surface area contributed by atoms with Gasteiger partial charge in [0.1, 0.15) is 0 Å². The Morgan fingerprint density at radius 1 is 1.32 bits per heavy atom. The maximum atomic E-state index is 11.8. The molecule has 0 aliphatic heterocycles. The molecule has 3 heteroatoms. The van der Waals surface area contributed by atoms with Crippen molar-refractivity contribution in [2.24, 2.45) is 5.92 Å². The smallest absolute Gasteiger partial charge is 0.236 e. The summed E-state index contributed by atoms with van der Waals surface area (Å²) >= 11 is 0. The predicted octanol–water partition coefficient (Wildman–Crippen LogP) is 2.08. The van der Waals surface area contributed by atoms with Gasteiger partial charge in [-0.15, -0.1) is 0 Å². The summed E-state index contributed by atoms with van der Waals surface area (Å²) < 4.78 is 0. The van der Waals surface area contributed by atoms with Gasteiger partial charge in [0, 0.05) is 19.0 Å². The van der Waals surface area contributed by atoms with Crippen molar-refractivity contribution in [2.75, 3.05) is 13.1 Å². The zero-order chi connectivity index (χ0) is 13.8. The molecular formula is C16H24N2O. The minimum absolute atomic E-state index is 0.0984. The summed E-state index contributed by atoms with van der Waals surface area (Å²) in [7, 11) is 0. The lowest BCUT2D eigenvalue weighted by Crippen LogP contribution is -2.45. The Morgan fingerprint density at radius 2 is 2.05 bits per heavy atom. The van der Waals surface area contributed by atoms with Crippen molar-refractivity contribution >= 4 is 5.91 Å². The molecule has 2 unspecified atom stereocenters. The van der Waals surface area contributed by atoms with Gasteiger partial charge < -0.3 is 10.6 Å². The standard InChI is InChI=1S/C16H24N2O/c1-11(2)9-18-16(19)12(3)17-10-14-8-13-6-4-5-7-15(13)14/h4-7,11-12,14,17H,8-10H2,1-3H3,(H,18,19). The van der Waals surface area contributed by atoms with Gasteiger partial charge in [-0.05, 0) is 30.4 Å². The van der Waals surface area contributed by atoms with Crippen LogP contribution in [0.5, 0.6) is 0 Å². The largest absolute Gasteiger partial charge is 0.354 e. The number of amides is 1. The number of rotatable bonds is 6. The lowest BCUT2D eigenvalue weighted by atomic mass is 9.77. The molecule has 0 aromatic heterocycles. The fourth-order valence-corrected chi connectivity index (χ4v) is 2.41. The van der Waals surface area contributed by atoms with Gasteiger partial charge in [-0.1, -0.05) is 38.1 Å². The first-order valence-corrected chi connectivity index (χ1v) is 7.16. The van der Waals surface area contributed by atoms with E-state index in [4.69, 9.17) is 0 Å². The first kappa shape index (κ1) is 14.1. The monoisotopic (exact) mass is 260 g/mol. The molecule has 0 fully saturated rings. The first-order valence-electron chi connectivity index (χ1n) is 7.16. The van der Waals surface area contributed by atoms with E-state index in [0.717, 1.165) is 19.5 Å². The molecular weight excluding hydrogens is 236 g/mol. The fourth-order valence-electron chi connectivity index (χ4n) is 2.41. The molecule has 2 N–H and O–H groups in total. The van der Waals surface area contributed by atoms with Crippen LogP contribution in [0.2, 0.25) is 0 Å². The second-order valence-corrected chi connectivity index (χ2v) is 5.87. The number of benzene rings is 1. The highest BCUT2D eigenvalue weighted by molar-refractivity contribution is 5.81. The molecule has 1 aromatic rings. The van der Waals surface area contributed by atoms with Crippen molar-refractivity contribution in [1.82, 2.24) is 10.6 Å². The predicted molar refractivity (Wildman–Crippen MR) is 78.2 cm³/mol. The van der Waals surface area contributed by atoms with Crippen molar-refractivity contribution in [3.05, 3.63) is 35.4 Å². The van der Waals surface area contributed by atoms with Gasteiger partial charge in [0.15, 0.2) is 0 Å². The Labute approximate surface area is 115 Å². The molecule has 1 aliphatic rings. The summed E-state index contributed by atoms with van der Waals surface area (Å²) in [6.45, 7) is 7.76. The minimum atomic E-state index is -0.119. The van der Waals surface area contributed by atoms with E-state index in [1.165, 1.54) is 11.1 Å². The lowest BCUT2D eigenvalue weighted by Gasteiger charge is -2.31. The zero-order valence-electron chi connectivity index (χ0n) is 12.1. The normalized spacial score (nSPS) is 18.6. The van der Waals surface area contributed by atoms with E-state index in [0.29, 0.717) is 11.8 Å². The molecule has 1 amide bonds. The molecule has 0 spiro atoms. The molecule has 2 rings (SSSR count). The number of carbonyl (C=O) groups excluding carboxylic acids is 1. The molecule has 0 saturated carbocycles. The van der Waals surface area contributed by atoms with E-state index >= 15 is 0 Å². The van der Waals surface area contributed by atoms with Gasteiger partial charge >= 0.3 is 0 Å². The van der Waals surface area contributed by atoms with E-state index in [1.807, 2.05) is 6.92 Å². The minimum Gasteiger partial charge on any atom is -0.354 e. The van der Waals surface area contributed by atoms with Crippen LogP contribution in [0.15, 0.2) is 24.3 Å². The number of hydrogen-bond acceptors (Lipinski definition) is 2. The van der Waals surface area contributed by atoms with E-state index in [9.17, 15) is 4.79 Å². The maximum Gasteiger partial charge on any atom is 0.236 e. The third kappa shape index (κ3) is 3.57. The van der Waals surface area contributed by atoms with Crippen molar-refractivity contribution in [3.63, 3.8) is 0 Å². The highest BCUT2D eigenvalue weighted by atomic mass is 16.2. The Hall–Kier alpha value is -1.35. The zero-order valence-corrected chi connectivity index (χ0v) is 12.1. The molecule has 0 heterocycles. The quantitative estimate of drug-likeness (QED) is 0.822. The summed E-state index contributed by atoms with van der Waals surface area (Å²) in [6, 6.07) is 8.43. The number of nitrogens with one attached hydrogen (secondary N) is 2. The van der Waals surface area contributed by atoms with Crippen molar-refractivity contribution in [2.45, 2.75) is 39.2 Å². The Bertz CT molecular complexity index is 442. The lowest BCUT2D eigenvalue weighted by molar-refractivity contribution is -0.122. The van der Waals surface area contributed by atoms with Crippen molar-refractivity contribution < 1.29 is 4.79 Å². The molecule has 3 nitrogen and oxygen atoms in total. The number of fused-ring (bicyclic) bond motifs is 1. The first-order chi connectivity index (χ1) is 9.08. The molecule has 0 saturated heterocycles. The van der Waals surface area contributed by atoms with Crippen LogP contribution in [-0.2, 0) is 11.2 Å². The highest BCUT2D eigenvalue weighted by Gasteiger charge is 2.26. The van der Waals surface area contributed by atoms with Gasteiger partial charge in [-0.25, -0.2) is 0 Å². The molecule has 0 bridgehead atoms. The maximum absolute atomic E-state index is 11.8.